The zero-order valence-corrected chi connectivity index (χ0v) is 14.6. The number of aromatic amines is 1. The van der Waals surface area contributed by atoms with E-state index in [0.717, 1.165) is 28.1 Å². The van der Waals surface area contributed by atoms with E-state index < -0.39 is 0 Å². The van der Waals surface area contributed by atoms with Crippen molar-refractivity contribution in [3.8, 4) is 45.4 Å². The first-order chi connectivity index (χ1) is 13.2. The largest absolute Gasteiger partial charge is 0.504 e. The molecule has 0 amide bonds. The number of phenolic OH excluding ortho intramolecular Hbond substituents is 1. The van der Waals surface area contributed by atoms with Gasteiger partial charge < -0.3 is 14.8 Å². The van der Waals surface area contributed by atoms with Crippen LogP contribution in [0.15, 0.2) is 72.8 Å². The number of ether oxygens (including phenoxy) is 1. The zero-order chi connectivity index (χ0) is 18.8. The smallest absolute Gasteiger partial charge is 0.160 e. The fraction of sp³-hybridized carbons (Fsp3) is 0.0455. The molecule has 1 aromatic heterocycles. The number of hydrogen-bond acceptors (Lipinski definition) is 3. The van der Waals surface area contributed by atoms with Gasteiger partial charge in [-0.3, -0.25) is 0 Å². The standard InChI is InChI=1S/C22H17FN2O2/c1-27-19-12-9-16(13-18(19)26)22-24-20(14-5-3-2-4-6-14)21(25-22)15-7-10-17(23)11-8-15/h2-13,26H,1H3,(H,24,25). The van der Waals surface area contributed by atoms with Gasteiger partial charge in [-0.25, -0.2) is 9.37 Å². The van der Waals surface area contributed by atoms with Gasteiger partial charge in [0.1, 0.15) is 11.6 Å². The van der Waals surface area contributed by atoms with Gasteiger partial charge in [-0.05, 0) is 42.5 Å². The molecule has 4 nitrogen and oxygen atoms in total. The van der Waals surface area contributed by atoms with Crippen molar-refractivity contribution in [3.05, 3.63) is 78.6 Å². The molecular formula is C22H17FN2O2. The van der Waals surface area contributed by atoms with Crippen molar-refractivity contribution in [2.45, 2.75) is 0 Å². The average Bonchev–Trinajstić information content (AvgIpc) is 3.14. The number of rotatable bonds is 4. The summed E-state index contributed by atoms with van der Waals surface area (Å²) in [5, 5.41) is 10.1. The van der Waals surface area contributed by atoms with Crippen LogP contribution in [0.4, 0.5) is 4.39 Å². The topological polar surface area (TPSA) is 58.1 Å². The Morgan fingerprint density at radius 1 is 0.889 bits per heavy atom. The summed E-state index contributed by atoms with van der Waals surface area (Å²) in [5.74, 6) is 0.745. The Morgan fingerprint density at radius 2 is 1.59 bits per heavy atom. The molecule has 0 aliphatic rings. The Bertz CT molecular complexity index is 1070. The third-order valence-corrected chi connectivity index (χ3v) is 4.34. The number of halogens is 1. The van der Waals surface area contributed by atoms with Crippen molar-refractivity contribution in [2.75, 3.05) is 7.11 Å². The molecule has 0 atom stereocenters. The van der Waals surface area contributed by atoms with E-state index in [1.165, 1.54) is 19.2 Å². The van der Waals surface area contributed by atoms with Gasteiger partial charge in [0.15, 0.2) is 11.5 Å². The number of nitrogens with one attached hydrogen (secondary N) is 1. The SMILES string of the molecule is COc1ccc(-c2nc(-c3ccccc3)c(-c3ccc(F)cc3)[nH]2)cc1O. The maximum absolute atomic E-state index is 13.3. The number of benzene rings is 3. The van der Waals surface area contributed by atoms with E-state index in [2.05, 4.69) is 4.98 Å². The van der Waals surface area contributed by atoms with Crippen molar-refractivity contribution in [2.24, 2.45) is 0 Å². The number of phenols is 1. The summed E-state index contributed by atoms with van der Waals surface area (Å²) in [4.78, 5) is 8.06. The van der Waals surface area contributed by atoms with E-state index >= 15 is 0 Å². The highest BCUT2D eigenvalue weighted by Crippen LogP contribution is 2.35. The molecule has 5 heteroatoms. The average molecular weight is 360 g/mol. The molecule has 0 fully saturated rings. The predicted octanol–water partition coefficient (Wildman–Crippen LogP) is 5.26. The summed E-state index contributed by atoms with van der Waals surface area (Å²) in [6.45, 7) is 0. The number of imidazole rings is 1. The number of hydrogen-bond donors (Lipinski definition) is 2. The van der Waals surface area contributed by atoms with Gasteiger partial charge in [-0.15, -0.1) is 0 Å². The lowest BCUT2D eigenvalue weighted by atomic mass is 10.1. The summed E-state index contributed by atoms with van der Waals surface area (Å²) < 4.78 is 18.4. The fourth-order valence-electron chi connectivity index (χ4n) is 2.98. The van der Waals surface area contributed by atoms with Crippen molar-refractivity contribution in [1.82, 2.24) is 9.97 Å². The predicted molar refractivity (Wildman–Crippen MR) is 103 cm³/mol. The molecule has 0 aliphatic heterocycles. The zero-order valence-electron chi connectivity index (χ0n) is 14.6. The molecule has 134 valence electrons. The molecule has 0 bridgehead atoms. The second-order valence-corrected chi connectivity index (χ2v) is 6.07. The van der Waals surface area contributed by atoms with Crippen molar-refractivity contribution >= 4 is 0 Å². The minimum Gasteiger partial charge on any atom is -0.504 e. The fourth-order valence-corrected chi connectivity index (χ4v) is 2.98. The lowest BCUT2D eigenvalue weighted by Crippen LogP contribution is -1.86. The Kier molecular flexibility index (Phi) is 4.34. The number of aromatic hydroxyl groups is 1. The third-order valence-electron chi connectivity index (χ3n) is 4.34. The normalized spacial score (nSPS) is 10.7. The van der Waals surface area contributed by atoms with Gasteiger partial charge in [0, 0.05) is 16.7 Å². The van der Waals surface area contributed by atoms with Gasteiger partial charge in [0.25, 0.3) is 0 Å². The molecule has 4 aromatic rings. The molecule has 0 radical (unpaired) electrons. The van der Waals surface area contributed by atoms with Crippen molar-refractivity contribution < 1.29 is 14.2 Å². The molecule has 2 N–H and O–H groups in total. The van der Waals surface area contributed by atoms with Gasteiger partial charge >= 0.3 is 0 Å². The molecule has 4 rings (SSSR count). The van der Waals surface area contributed by atoms with Crippen molar-refractivity contribution in [1.29, 1.82) is 0 Å². The second-order valence-electron chi connectivity index (χ2n) is 6.07. The minimum atomic E-state index is -0.292. The van der Waals surface area contributed by atoms with E-state index in [4.69, 9.17) is 9.72 Å². The van der Waals surface area contributed by atoms with Crippen LogP contribution in [-0.2, 0) is 0 Å². The number of H-pyrrole nitrogens is 1. The molecule has 1 heterocycles. The highest BCUT2D eigenvalue weighted by molar-refractivity contribution is 5.81. The molecule has 0 saturated heterocycles. The number of aromatic nitrogens is 2. The molecule has 3 aromatic carbocycles. The first-order valence-corrected chi connectivity index (χ1v) is 8.44. The maximum Gasteiger partial charge on any atom is 0.160 e. The van der Waals surface area contributed by atoms with E-state index in [-0.39, 0.29) is 11.6 Å². The first-order valence-electron chi connectivity index (χ1n) is 8.44. The molecular weight excluding hydrogens is 343 g/mol. The maximum atomic E-state index is 13.3. The summed E-state index contributed by atoms with van der Waals surface area (Å²) >= 11 is 0. The molecule has 0 spiro atoms. The molecule has 27 heavy (non-hydrogen) atoms. The van der Waals surface area contributed by atoms with E-state index in [9.17, 15) is 9.50 Å². The van der Waals surface area contributed by atoms with Gasteiger partial charge in [-0.2, -0.15) is 0 Å². The molecule has 0 unspecified atom stereocenters. The van der Waals surface area contributed by atoms with Crippen LogP contribution in [0.2, 0.25) is 0 Å². The Labute approximate surface area is 155 Å². The number of nitrogens with zero attached hydrogens (tertiary/aromatic N) is 1. The van der Waals surface area contributed by atoms with Gasteiger partial charge in [-0.1, -0.05) is 30.3 Å². The first kappa shape index (κ1) is 16.8. The van der Waals surface area contributed by atoms with Crippen molar-refractivity contribution in [3.63, 3.8) is 0 Å². The lowest BCUT2D eigenvalue weighted by Gasteiger charge is -2.04. The van der Waals surface area contributed by atoms with E-state index in [0.29, 0.717) is 11.6 Å². The summed E-state index contributed by atoms with van der Waals surface area (Å²) in [5.41, 5.74) is 4.03. The van der Waals surface area contributed by atoms with Crippen LogP contribution in [0.25, 0.3) is 33.9 Å². The van der Waals surface area contributed by atoms with Crippen LogP contribution in [0.3, 0.4) is 0 Å². The second kappa shape index (κ2) is 6.96. The summed E-state index contributed by atoms with van der Waals surface area (Å²) in [7, 11) is 1.50. The van der Waals surface area contributed by atoms with Crippen LogP contribution in [0, 0.1) is 5.82 Å². The number of methoxy groups -OCH3 is 1. The summed E-state index contributed by atoms with van der Waals surface area (Å²) in [6, 6.07) is 21.1. The van der Waals surface area contributed by atoms with E-state index in [1.54, 1.807) is 24.3 Å². The third kappa shape index (κ3) is 3.27. The van der Waals surface area contributed by atoms with Gasteiger partial charge in [0.2, 0.25) is 0 Å². The van der Waals surface area contributed by atoms with Gasteiger partial charge in [0.05, 0.1) is 18.5 Å². The van der Waals surface area contributed by atoms with Crippen LogP contribution in [0.1, 0.15) is 0 Å². The monoisotopic (exact) mass is 360 g/mol. The van der Waals surface area contributed by atoms with Crippen LogP contribution in [-0.4, -0.2) is 22.2 Å². The minimum absolute atomic E-state index is 0.0380. The van der Waals surface area contributed by atoms with Crippen LogP contribution >= 0.6 is 0 Å². The van der Waals surface area contributed by atoms with Crippen LogP contribution in [0.5, 0.6) is 11.5 Å². The molecule has 0 saturated carbocycles. The molecule has 0 aliphatic carbocycles. The van der Waals surface area contributed by atoms with E-state index in [1.807, 2.05) is 36.4 Å². The Morgan fingerprint density at radius 3 is 2.26 bits per heavy atom. The summed E-state index contributed by atoms with van der Waals surface area (Å²) in [6.07, 6.45) is 0. The Hall–Kier alpha value is -3.60. The Balaban J connectivity index is 1.87. The highest BCUT2D eigenvalue weighted by Gasteiger charge is 2.16. The highest BCUT2D eigenvalue weighted by atomic mass is 19.1. The lowest BCUT2D eigenvalue weighted by molar-refractivity contribution is 0.373. The van der Waals surface area contributed by atoms with Crippen LogP contribution < -0.4 is 4.74 Å². The quantitative estimate of drug-likeness (QED) is 0.522.